The first-order valence-electron chi connectivity index (χ1n) is 7.47. The average molecular weight is 293 g/mol. The highest BCUT2D eigenvalue weighted by atomic mass is 19.1. The molecular formula is C18H16FN3. The molecule has 1 fully saturated rings. The molecule has 22 heavy (non-hydrogen) atoms. The van der Waals surface area contributed by atoms with Gasteiger partial charge in [-0.25, -0.2) is 14.4 Å². The van der Waals surface area contributed by atoms with Gasteiger partial charge in [0, 0.05) is 16.9 Å². The highest BCUT2D eigenvalue weighted by Gasteiger charge is 2.29. The summed E-state index contributed by atoms with van der Waals surface area (Å²) in [5.74, 6) is 0.563. The van der Waals surface area contributed by atoms with Crippen LogP contribution in [0.25, 0.3) is 22.0 Å². The first-order chi connectivity index (χ1) is 10.6. The summed E-state index contributed by atoms with van der Waals surface area (Å²) < 4.78 is 14.0. The van der Waals surface area contributed by atoms with E-state index in [4.69, 9.17) is 5.73 Å². The molecule has 4 heteroatoms. The number of benzene rings is 2. The van der Waals surface area contributed by atoms with Crippen molar-refractivity contribution in [1.29, 1.82) is 0 Å². The van der Waals surface area contributed by atoms with E-state index >= 15 is 0 Å². The predicted octanol–water partition coefficient (Wildman–Crippen LogP) is 4.20. The normalized spacial score (nSPS) is 14.5. The summed E-state index contributed by atoms with van der Waals surface area (Å²) >= 11 is 0. The Morgan fingerprint density at radius 2 is 1.77 bits per heavy atom. The van der Waals surface area contributed by atoms with Gasteiger partial charge in [0.25, 0.3) is 0 Å². The Balaban J connectivity index is 2.02. The molecule has 3 nitrogen and oxygen atoms in total. The van der Waals surface area contributed by atoms with Gasteiger partial charge in [-0.1, -0.05) is 24.3 Å². The number of anilines is 1. The molecule has 0 amide bonds. The summed E-state index contributed by atoms with van der Waals surface area (Å²) in [7, 11) is 0. The topological polar surface area (TPSA) is 51.8 Å². The molecule has 0 radical (unpaired) electrons. The Kier molecular flexibility index (Phi) is 2.86. The number of nitrogen functional groups attached to an aromatic ring is 1. The van der Waals surface area contributed by atoms with Gasteiger partial charge in [0.2, 0.25) is 5.95 Å². The SMILES string of the molecule is Cc1c(-c2ccc(F)c3ccccc23)nc(N)nc1C1CC1. The smallest absolute Gasteiger partial charge is 0.220 e. The van der Waals surface area contributed by atoms with Crippen molar-refractivity contribution in [3.05, 3.63) is 53.5 Å². The monoisotopic (exact) mass is 293 g/mol. The van der Waals surface area contributed by atoms with Crippen LogP contribution in [0.15, 0.2) is 36.4 Å². The van der Waals surface area contributed by atoms with Gasteiger partial charge in [-0.15, -0.1) is 0 Å². The zero-order valence-corrected chi connectivity index (χ0v) is 12.3. The van der Waals surface area contributed by atoms with E-state index in [9.17, 15) is 4.39 Å². The molecule has 0 unspecified atom stereocenters. The number of halogens is 1. The lowest BCUT2D eigenvalue weighted by atomic mass is 9.97. The molecule has 4 rings (SSSR count). The van der Waals surface area contributed by atoms with E-state index in [1.54, 1.807) is 12.1 Å². The summed E-state index contributed by atoms with van der Waals surface area (Å²) in [6.07, 6.45) is 2.31. The van der Waals surface area contributed by atoms with Gasteiger partial charge in [0.1, 0.15) is 5.82 Å². The molecule has 1 saturated carbocycles. The molecule has 3 aromatic rings. The fourth-order valence-corrected chi connectivity index (χ4v) is 3.04. The molecule has 1 aliphatic carbocycles. The molecule has 0 atom stereocenters. The maximum absolute atomic E-state index is 14.0. The maximum Gasteiger partial charge on any atom is 0.220 e. The molecule has 0 saturated heterocycles. The number of nitrogens with two attached hydrogens (primary N) is 1. The van der Waals surface area contributed by atoms with E-state index in [-0.39, 0.29) is 11.8 Å². The van der Waals surface area contributed by atoms with Crippen molar-refractivity contribution in [1.82, 2.24) is 9.97 Å². The van der Waals surface area contributed by atoms with Crippen molar-refractivity contribution in [2.45, 2.75) is 25.7 Å². The van der Waals surface area contributed by atoms with E-state index in [1.165, 1.54) is 6.07 Å². The maximum atomic E-state index is 14.0. The number of hydrogen-bond acceptors (Lipinski definition) is 3. The molecule has 0 aliphatic heterocycles. The third kappa shape index (κ3) is 2.03. The Hall–Kier alpha value is -2.49. The lowest BCUT2D eigenvalue weighted by Gasteiger charge is -2.13. The second-order valence-electron chi connectivity index (χ2n) is 5.86. The van der Waals surface area contributed by atoms with Crippen molar-refractivity contribution in [3.8, 4) is 11.3 Å². The van der Waals surface area contributed by atoms with Crippen LogP contribution >= 0.6 is 0 Å². The Labute approximate surface area is 128 Å². The molecule has 0 bridgehead atoms. The standard InChI is InChI=1S/C18H16FN3/c1-10-16(11-6-7-11)21-18(20)22-17(10)14-8-9-15(19)13-5-3-2-4-12(13)14/h2-5,8-9,11H,6-7H2,1H3,(H2,20,21,22). The van der Waals surface area contributed by atoms with Crippen LogP contribution in [-0.2, 0) is 0 Å². The van der Waals surface area contributed by atoms with E-state index < -0.39 is 0 Å². The lowest BCUT2D eigenvalue weighted by Crippen LogP contribution is -2.04. The lowest BCUT2D eigenvalue weighted by molar-refractivity contribution is 0.640. The minimum absolute atomic E-state index is 0.221. The van der Waals surface area contributed by atoms with E-state index in [2.05, 4.69) is 9.97 Å². The van der Waals surface area contributed by atoms with Gasteiger partial charge in [-0.3, -0.25) is 0 Å². The molecule has 0 spiro atoms. The van der Waals surface area contributed by atoms with Crippen molar-refractivity contribution in [2.75, 3.05) is 5.73 Å². The van der Waals surface area contributed by atoms with Crippen LogP contribution in [-0.4, -0.2) is 9.97 Å². The highest BCUT2D eigenvalue weighted by molar-refractivity contribution is 5.97. The number of fused-ring (bicyclic) bond motifs is 1. The second-order valence-corrected chi connectivity index (χ2v) is 5.86. The number of nitrogens with zero attached hydrogens (tertiary/aromatic N) is 2. The summed E-state index contributed by atoms with van der Waals surface area (Å²) in [5.41, 5.74) is 9.71. The van der Waals surface area contributed by atoms with Crippen LogP contribution in [0.5, 0.6) is 0 Å². The molecule has 1 heterocycles. The van der Waals surface area contributed by atoms with Crippen LogP contribution in [0, 0.1) is 12.7 Å². The van der Waals surface area contributed by atoms with Gasteiger partial charge in [-0.05, 0) is 42.8 Å². The van der Waals surface area contributed by atoms with Gasteiger partial charge in [0.05, 0.1) is 11.4 Å². The minimum Gasteiger partial charge on any atom is -0.368 e. The molecule has 1 aliphatic rings. The predicted molar refractivity (Wildman–Crippen MR) is 86.1 cm³/mol. The minimum atomic E-state index is -0.221. The van der Waals surface area contributed by atoms with E-state index in [1.807, 2.05) is 25.1 Å². The van der Waals surface area contributed by atoms with Crippen LogP contribution in [0.4, 0.5) is 10.3 Å². The fourth-order valence-electron chi connectivity index (χ4n) is 3.04. The number of hydrogen-bond donors (Lipinski definition) is 1. The molecular weight excluding hydrogens is 277 g/mol. The van der Waals surface area contributed by atoms with Crippen molar-refractivity contribution in [2.24, 2.45) is 0 Å². The number of rotatable bonds is 2. The molecule has 2 aromatic carbocycles. The van der Waals surface area contributed by atoms with Crippen LogP contribution in [0.2, 0.25) is 0 Å². The fraction of sp³-hybridized carbons (Fsp3) is 0.222. The highest BCUT2D eigenvalue weighted by Crippen LogP contribution is 2.43. The van der Waals surface area contributed by atoms with Gasteiger partial charge in [-0.2, -0.15) is 0 Å². The first kappa shape index (κ1) is 13.2. The van der Waals surface area contributed by atoms with Crippen molar-refractivity contribution < 1.29 is 4.39 Å². The number of aromatic nitrogens is 2. The zero-order valence-electron chi connectivity index (χ0n) is 12.3. The first-order valence-corrected chi connectivity index (χ1v) is 7.47. The Bertz CT molecular complexity index is 885. The third-order valence-corrected chi connectivity index (χ3v) is 4.29. The van der Waals surface area contributed by atoms with Gasteiger partial charge < -0.3 is 5.73 Å². The quantitative estimate of drug-likeness (QED) is 0.770. The Morgan fingerprint density at radius 3 is 2.50 bits per heavy atom. The largest absolute Gasteiger partial charge is 0.368 e. The Morgan fingerprint density at radius 1 is 1.05 bits per heavy atom. The summed E-state index contributed by atoms with van der Waals surface area (Å²) in [4.78, 5) is 8.85. The van der Waals surface area contributed by atoms with Gasteiger partial charge >= 0.3 is 0 Å². The van der Waals surface area contributed by atoms with Crippen molar-refractivity contribution in [3.63, 3.8) is 0 Å². The molecule has 110 valence electrons. The van der Waals surface area contributed by atoms with E-state index in [0.29, 0.717) is 11.3 Å². The summed E-state index contributed by atoms with van der Waals surface area (Å²) in [6, 6.07) is 10.7. The molecule has 2 N–H and O–H groups in total. The second kappa shape index (κ2) is 4.77. The molecule has 1 aromatic heterocycles. The van der Waals surface area contributed by atoms with Crippen molar-refractivity contribution >= 4 is 16.7 Å². The average Bonchev–Trinajstić information content (AvgIpc) is 3.35. The summed E-state index contributed by atoms with van der Waals surface area (Å²) in [5, 5.41) is 1.45. The zero-order chi connectivity index (χ0) is 15.3. The van der Waals surface area contributed by atoms with Crippen LogP contribution < -0.4 is 5.73 Å². The van der Waals surface area contributed by atoms with Crippen LogP contribution in [0.1, 0.15) is 30.0 Å². The van der Waals surface area contributed by atoms with Crippen LogP contribution in [0.3, 0.4) is 0 Å². The van der Waals surface area contributed by atoms with E-state index in [0.717, 1.165) is 40.7 Å². The third-order valence-electron chi connectivity index (χ3n) is 4.29. The summed E-state index contributed by atoms with van der Waals surface area (Å²) in [6.45, 7) is 2.03. The van der Waals surface area contributed by atoms with Gasteiger partial charge in [0.15, 0.2) is 0 Å².